The summed E-state index contributed by atoms with van der Waals surface area (Å²) in [5.74, 6) is 1.72. The first-order chi connectivity index (χ1) is 9.86. The van der Waals surface area contributed by atoms with Crippen molar-refractivity contribution in [2.75, 3.05) is 6.61 Å². The summed E-state index contributed by atoms with van der Waals surface area (Å²) in [5.41, 5.74) is 3.08. The first kappa shape index (κ1) is 18.2. The number of hydrogen-bond acceptors (Lipinski definition) is 1. The molecule has 1 N–H and O–H groups in total. The maximum Gasteiger partial charge on any atom is 0.0617 e. The number of hydrogen-bond donors (Lipinski definition) is 1. The van der Waals surface area contributed by atoms with Crippen molar-refractivity contribution in [2.24, 2.45) is 17.3 Å². The standard InChI is InChI=1S/C20H34O/c1-16(8-6-9-17(2)13-15-21)11-12-19-18(3)10-7-14-20(19,4)5/h6,8-9,13,18-19,21H,7,10-12,14-15H2,1-5H3/b9-6+,16-8+,17-13+. The van der Waals surface area contributed by atoms with Gasteiger partial charge in [0.15, 0.2) is 0 Å². The van der Waals surface area contributed by atoms with E-state index < -0.39 is 0 Å². The second kappa shape index (κ2) is 8.58. The maximum absolute atomic E-state index is 8.82. The molecule has 0 aromatic carbocycles. The molecule has 2 atom stereocenters. The van der Waals surface area contributed by atoms with Crippen LogP contribution in [0.3, 0.4) is 0 Å². The van der Waals surface area contributed by atoms with Crippen LogP contribution in [0.5, 0.6) is 0 Å². The summed E-state index contributed by atoms with van der Waals surface area (Å²) in [6, 6.07) is 0. The third-order valence-corrected chi connectivity index (χ3v) is 5.17. The van der Waals surface area contributed by atoms with Gasteiger partial charge in [0.2, 0.25) is 0 Å². The molecule has 0 heterocycles. The summed E-state index contributed by atoms with van der Waals surface area (Å²) in [4.78, 5) is 0. The topological polar surface area (TPSA) is 20.2 Å². The van der Waals surface area contributed by atoms with Gasteiger partial charge in [0, 0.05) is 0 Å². The lowest BCUT2D eigenvalue weighted by Crippen LogP contribution is -2.33. The molecule has 0 aromatic heterocycles. The van der Waals surface area contributed by atoms with E-state index in [-0.39, 0.29) is 6.61 Å². The zero-order valence-corrected chi connectivity index (χ0v) is 14.7. The average molecular weight is 290 g/mol. The maximum atomic E-state index is 8.82. The van der Waals surface area contributed by atoms with Crippen molar-refractivity contribution < 1.29 is 5.11 Å². The van der Waals surface area contributed by atoms with E-state index in [1.165, 1.54) is 37.7 Å². The van der Waals surface area contributed by atoms with Gasteiger partial charge in [-0.2, -0.15) is 0 Å². The lowest BCUT2D eigenvalue weighted by atomic mass is 9.62. The molecule has 1 aliphatic carbocycles. The van der Waals surface area contributed by atoms with Crippen LogP contribution in [0.15, 0.2) is 35.5 Å². The average Bonchev–Trinajstić information content (AvgIpc) is 2.37. The molecule has 0 amide bonds. The first-order valence-electron chi connectivity index (χ1n) is 8.48. The second-order valence-corrected chi connectivity index (χ2v) is 7.51. The molecular weight excluding hydrogens is 256 g/mol. The van der Waals surface area contributed by atoms with Gasteiger partial charge < -0.3 is 5.11 Å². The number of aliphatic hydroxyl groups excluding tert-OH is 1. The Labute approximate surface area is 131 Å². The fourth-order valence-corrected chi connectivity index (χ4v) is 3.75. The molecule has 21 heavy (non-hydrogen) atoms. The Balaban J connectivity index is 2.51. The Morgan fingerprint density at radius 3 is 2.62 bits per heavy atom. The fraction of sp³-hybridized carbons (Fsp3) is 0.700. The monoisotopic (exact) mass is 290 g/mol. The van der Waals surface area contributed by atoms with E-state index in [0.29, 0.717) is 5.41 Å². The van der Waals surface area contributed by atoms with Crippen molar-refractivity contribution in [3.63, 3.8) is 0 Å². The summed E-state index contributed by atoms with van der Waals surface area (Å²) in [6.07, 6.45) is 14.9. The van der Waals surface area contributed by atoms with Gasteiger partial charge in [0.05, 0.1) is 6.61 Å². The van der Waals surface area contributed by atoms with Crippen molar-refractivity contribution >= 4 is 0 Å². The van der Waals surface area contributed by atoms with Crippen LogP contribution in [0.25, 0.3) is 0 Å². The zero-order chi connectivity index (χ0) is 15.9. The second-order valence-electron chi connectivity index (χ2n) is 7.51. The highest BCUT2D eigenvalue weighted by molar-refractivity contribution is 5.22. The van der Waals surface area contributed by atoms with Crippen LogP contribution in [-0.2, 0) is 0 Å². The van der Waals surface area contributed by atoms with Crippen molar-refractivity contribution in [3.05, 3.63) is 35.5 Å². The van der Waals surface area contributed by atoms with Crippen molar-refractivity contribution in [1.29, 1.82) is 0 Å². The van der Waals surface area contributed by atoms with Gasteiger partial charge in [-0.3, -0.25) is 0 Å². The molecule has 1 nitrogen and oxygen atoms in total. The molecule has 0 radical (unpaired) electrons. The molecule has 1 heteroatoms. The first-order valence-corrected chi connectivity index (χ1v) is 8.48. The van der Waals surface area contributed by atoms with Crippen LogP contribution in [0.2, 0.25) is 0 Å². The lowest BCUT2D eigenvalue weighted by molar-refractivity contribution is 0.0767. The van der Waals surface area contributed by atoms with Gasteiger partial charge in [0.25, 0.3) is 0 Å². The minimum Gasteiger partial charge on any atom is -0.392 e. The Hall–Kier alpha value is -0.820. The van der Waals surface area contributed by atoms with Crippen LogP contribution in [0.1, 0.15) is 66.7 Å². The largest absolute Gasteiger partial charge is 0.392 e. The Morgan fingerprint density at radius 2 is 2.00 bits per heavy atom. The van der Waals surface area contributed by atoms with E-state index in [1.54, 1.807) is 0 Å². The van der Waals surface area contributed by atoms with Gasteiger partial charge in [0.1, 0.15) is 0 Å². The lowest BCUT2D eigenvalue weighted by Gasteiger charge is -2.43. The molecule has 1 aliphatic rings. The minimum absolute atomic E-state index is 0.119. The highest BCUT2D eigenvalue weighted by Gasteiger charge is 2.35. The van der Waals surface area contributed by atoms with Crippen molar-refractivity contribution in [2.45, 2.75) is 66.7 Å². The van der Waals surface area contributed by atoms with Gasteiger partial charge in [-0.15, -0.1) is 0 Å². The van der Waals surface area contributed by atoms with Gasteiger partial charge >= 0.3 is 0 Å². The molecule has 0 aromatic rings. The molecule has 2 unspecified atom stereocenters. The normalized spacial score (nSPS) is 27.3. The SMILES string of the molecule is CC(/C=C/C=C(\C)CCC1C(C)CCCC1(C)C)=C\CO. The van der Waals surface area contributed by atoms with Crippen molar-refractivity contribution in [1.82, 2.24) is 0 Å². The van der Waals surface area contributed by atoms with E-state index in [1.807, 2.05) is 13.0 Å². The quantitative estimate of drug-likeness (QED) is 0.625. The molecule has 120 valence electrons. The van der Waals surface area contributed by atoms with Gasteiger partial charge in [-0.1, -0.05) is 69.1 Å². The van der Waals surface area contributed by atoms with Crippen LogP contribution in [0, 0.1) is 17.3 Å². The predicted molar refractivity (Wildman–Crippen MR) is 93.3 cm³/mol. The minimum atomic E-state index is 0.119. The predicted octanol–water partition coefficient (Wildman–Crippen LogP) is 5.67. The van der Waals surface area contributed by atoms with E-state index >= 15 is 0 Å². The van der Waals surface area contributed by atoms with Crippen LogP contribution in [0.4, 0.5) is 0 Å². The number of allylic oxidation sites excluding steroid dienone is 5. The molecule has 1 saturated carbocycles. The molecule has 0 bridgehead atoms. The summed E-state index contributed by atoms with van der Waals surface area (Å²) >= 11 is 0. The molecule has 1 rings (SSSR count). The summed E-state index contributed by atoms with van der Waals surface area (Å²) < 4.78 is 0. The van der Waals surface area contributed by atoms with E-state index in [0.717, 1.165) is 17.4 Å². The molecule has 0 spiro atoms. The highest BCUT2D eigenvalue weighted by atomic mass is 16.2. The van der Waals surface area contributed by atoms with Gasteiger partial charge in [-0.05, 0) is 50.4 Å². The highest BCUT2D eigenvalue weighted by Crippen LogP contribution is 2.46. The summed E-state index contributed by atoms with van der Waals surface area (Å²) in [5, 5.41) is 8.82. The Bertz CT molecular complexity index is 398. The number of aliphatic hydroxyl groups is 1. The van der Waals surface area contributed by atoms with E-state index in [9.17, 15) is 0 Å². The Kier molecular flexibility index (Phi) is 7.45. The van der Waals surface area contributed by atoms with Crippen LogP contribution >= 0.6 is 0 Å². The van der Waals surface area contributed by atoms with Crippen LogP contribution in [-0.4, -0.2) is 11.7 Å². The molecule has 0 aliphatic heterocycles. The number of rotatable bonds is 6. The third kappa shape index (κ3) is 6.22. The fourth-order valence-electron chi connectivity index (χ4n) is 3.75. The zero-order valence-electron chi connectivity index (χ0n) is 14.7. The Morgan fingerprint density at radius 1 is 1.29 bits per heavy atom. The molecular formula is C20H34O. The molecule has 1 fully saturated rings. The van der Waals surface area contributed by atoms with Crippen LogP contribution < -0.4 is 0 Å². The third-order valence-electron chi connectivity index (χ3n) is 5.17. The summed E-state index contributed by atoms with van der Waals surface area (Å²) in [6.45, 7) is 11.7. The van der Waals surface area contributed by atoms with E-state index in [4.69, 9.17) is 5.11 Å². The summed E-state index contributed by atoms with van der Waals surface area (Å²) in [7, 11) is 0. The molecule has 0 saturated heterocycles. The smallest absolute Gasteiger partial charge is 0.0617 e. The van der Waals surface area contributed by atoms with Gasteiger partial charge in [-0.25, -0.2) is 0 Å². The van der Waals surface area contributed by atoms with Crippen molar-refractivity contribution in [3.8, 4) is 0 Å². The van der Waals surface area contributed by atoms with E-state index in [2.05, 4.69) is 45.9 Å².